The lowest BCUT2D eigenvalue weighted by atomic mass is 9.90. The number of allylic oxidation sites excluding steroid dienone is 1. The molecule has 10 heteroatoms. The van der Waals surface area contributed by atoms with Crippen LogP contribution in [0.15, 0.2) is 47.7 Å². The van der Waals surface area contributed by atoms with Crippen molar-refractivity contribution in [3.05, 3.63) is 86.0 Å². The lowest BCUT2D eigenvalue weighted by molar-refractivity contribution is 0.300. The van der Waals surface area contributed by atoms with E-state index in [1.807, 2.05) is 27.7 Å². The van der Waals surface area contributed by atoms with E-state index in [0.29, 0.717) is 28.6 Å². The Labute approximate surface area is 213 Å². The molecule has 0 saturated carbocycles. The average molecular weight is 518 g/mol. The Morgan fingerprint density at radius 3 is 2.57 bits per heavy atom. The summed E-state index contributed by atoms with van der Waals surface area (Å²) in [7, 11) is 0. The third-order valence-electron chi connectivity index (χ3n) is 5.15. The van der Waals surface area contributed by atoms with E-state index in [2.05, 4.69) is 15.3 Å². The van der Waals surface area contributed by atoms with Crippen molar-refractivity contribution in [2.45, 2.75) is 41.2 Å². The highest BCUT2D eigenvalue weighted by Gasteiger charge is 2.17. The van der Waals surface area contributed by atoms with E-state index >= 15 is 0 Å². The first-order valence-corrected chi connectivity index (χ1v) is 11.5. The van der Waals surface area contributed by atoms with Gasteiger partial charge in [-0.3, -0.25) is 14.3 Å². The van der Waals surface area contributed by atoms with Crippen LogP contribution in [0.3, 0.4) is 0 Å². The summed E-state index contributed by atoms with van der Waals surface area (Å²) in [6.07, 6.45) is 5.99. The second-order valence-electron chi connectivity index (χ2n) is 8.97. The number of nitrogens with zero attached hydrogens (tertiary/aromatic N) is 3. The van der Waals surface area contributed by atoms with Crippen molar-refractivity contribution in [2.24, 2.45) is 5.41 Å². The van der Waals surface area contributed by atoms with Crippen molar-refractivity contribution in [3.63, 3.8) is 0 Å². The second-order valence-corrected chi connectivity index (χ2v) is 9.76. The SMILES string of the molecule is Cc1cnc(N/C=C\C(=N)C(C)(C)C)cc1-n1c(C)cc(OCc2ncc(F)cc2Cl)c(Cl)c1=O. The summed E-state index contributed by atoms with van der Waals surface area (Å²) in [4.78, 5) is 21.4. The lowest BCUT2D eigenvalue weighted by Crippen LogP contribution is -2.23. The van der Waals surface area contributed by atoms with Crippen LogP contribution in [0.5, 0.6) is 5.75 Å². The predicted molar refractivity (Wildman–Crippen MR) is 138 cm³/mol. The number of aromatic nitrogens is 3. The molecule has 184 valence electrons. The van der Waals surface area contributed by atoms with E-state index in [9.17, 15) is 9.18 Å². The van der Waals surface area contributed by atoms with Crippen LogP contribution >= 0.6 is 23.2 Å². The molecule has 2 N–H and O–H groups in total. The van der Waals surface area contributed by atoms with E-state index < -0.39 is 11.4 Å². The topological polar surface area (TPSA) is 92.9 Å². The summed E-state index contributed by atoms with van der Waals surface area (Å²) in [6.45, 7) is 9.38. The standard InChI is InChI=1S/C25H26Cl2FN5O2/c1-14-11-32-22(30-7-6-21(29)25(3,4)5)10-19(14)33-15(2)8-20(23(27)24(33)34)35-13-18-17(26)9-16(28)12-31-18/h6-12,29H,13H2,1-5H3,(H,30,32)/b7-6-,29-21?. The molecule has 0 aromatic carbocycles. The van der Waals surface area contributed by atoms with Crippen molar-refractivity contribution in [1.82, 2.24) is 14.5 Å². The summed E-state index contributed by atoms with van der Waals surface area (Å²) in [5.74, 6) is 0.115. The summed E-state index contributed by atoms with van der Waals surface area (Å²) in [5, 5.41) is 11.1. The molecule has 0 saturated heterocycles. The predicted octanol–water partition coefficient (Wildman–Crippen LogP) is 6.26. The van der Waals surface area contributed by atoms with Gasteiger partial charge in [-0.05, 0) is 31.6 Å². The fourth-order valence-corrected chi connectivity index (χ4v) is 3.48. The maximum atomic E-state index is 13.2. The third-order valence-corrected chi connectivity index (χ3v) is 5.83. The van der Waals surface area contributed by atoms with Crippen LogP contribution in [0.4, 0.5) is 10.2 Å². The highest BCUT2D eigenvalue weighted by atomic mass is 35.5. The highest BCUT2D eigenvalue weighted by molar-refractivity contribution is 6.32. The van der Waals surface area contributed by atoms with E-state index in [4.69, 9.17) is 33.3 Å². The molecule has 0 bridgehead atoms. The molecule has 0 fully saturated rings. The van der Waals surface area contributed by atoms with E-state index in [1.165, 1.54) is 4.57 Å². The van der Waals surface area contributed by atoms with Crippen molar-refractivity contribution < 1.29 is 9.13 Å². The van der Waals surface area contributed by atoms with Crippen molar-refractivity contribution in [2.75, 3.05) is 5.32 Å². The molecular weight excluding hydrogens is 492 g/mol. The van der Waals surface area contributed by atoms with Crippen LogP contribution in [0, 0.1) is 30.5 Å². The zero-order chi connectivity index (χ0) is 25.9. The van der Waals surface area contributed by atoms with Crippen molar-refractivity contribution in [1.29, 1.82) is 5.41 Å². The Morgan fingerprint density at radius 2 is 1.91 bits per heavy atom. The molecule has 0 unspecified atom stereocenters. The van der Waals surface area contributed by atoms with Crippen LogP contribution < -0.4 is 15.6 Å². The van der Waals surface area contributed by atoms with Crippen LogP contribution in [0.25, 0.3) is 5.69 Å². The zero-order valence-corrected chi connectivity index (χ0v) is 21.6. The molecule has 3 rings (SSSR count). The first-order chi connectivity index (χ1) is 16.4. The largest absolute Gasteiger partial charge is 0.485 e. The lowest BCUT2D eigenvalue weighted by Gasteiger charge is -2.17. The summed E-state index contributed by atoms with van der Waals surface area (Å²) in [5.41, 5.74) is 1.99. The number of halogens is 3. The molecule has 35 heavy (non-hydrogen) atoms. The molecule has 7 nitrogen and oxygen atoms in total. The number of hydrogen-bond donors (Lipinski definition) is 2. The van der Waals surface area contributed by atoms with E-state index in [1.54, 1.807) is 37.5 Å². The first kappa shape index (κ1) is 26.4. The van der Waals surface area contributed by atoms with Gasteiger partial charge in [-0.15, -0.1) is 0 Å². The van der Waals surface area contributed by atoms with Gasteiger partial charge >= 0.3 is 0 Å². The molecule has 0 spiro atoms. The summed E-state index contributed by atoms with van der Waals surface area (Å²) in [6, 6.07) is 4.50. The maximum absolute atomic E-state index is 13.2. The maximum Gasteiger partial charge on any atom is 0.277 e. The summed E-state index contributed by atoms with van der Waals surface area (Å²) >= 11 is 12.4. The van der Waals surface area contributed by atoms with Gasteiger partial charge in [0.25, 0.3) is 5.56 Å². The monoisotopic (exact) mass is 517 g/mol. The summed E-state index contributed by atoms with van der Waals surface area (Å²) < 4.78 is 20.4. The number of rotatable bonds is 7. The normalized spacial score (nSPS) is 11.7. The highest BCUT2D eigenvalue weighted by Crippen LogP contribution is 2.27. The van der Waals surface area contributed by atoms with Crippen LogP contribution in [-0.4, -0.2) is 20.2 Å². The number of hydrogen-bond acceptors (Lipinski definition) is 6. The molecule has 3 aromatic rings. The Balaban J connectivity index is 1.89. The molecule has 0 atom stereocenters. The minimum atomic E-state index is -0.556. The molecule has 0 radical (unpaired) electrons. The van der Waals surface area contributed by atoms with E-state index in [0.717, 1.165) is 17.8 Å². The molecule has 0 amide bonds. The van der Waals surface area contributed by atoms with Crippen molar-refractivity contribution in [3.8, 4) is 11.4 Å². The smallest absolute Gasteiger partial charge is 0.277 e. The van der Waals surface area contributed by atoms with Crippen molar-refractivity contribution >= 4 is 34.7 Å². The van der Waals surface area contributed by atoms with Crippen LogP contribution in [-0.2, 0) is 6.61 Å². The molecule has 3 aromatic heterocycles. The Bertz CT molecular complexity index is 1360. The number of aryl methyl sites for hydroxylation is 2. The van der Waals surface area contributed by atoms with Gasteiger partial charge in [0.15, 0.2) is 0 Å². The molecular formula is C25H26Cl2FN5O2. The van der Waals surface area contributed by atoms with Crippen LogP contribution in [0.2, 0.25) is 10.0 Å². The second kappa shape index (κ2) is 10.6. The van der Waals surface area contributed by atoms with Gasteiger partial charge in [-0.1, -0.05) is 44.0 Å². The van der Waals surface area contributed by atoms with Gasteiger partial charge in [0.05, 0.1) is 22.6 Å². The number of nitrogens with one attached hydrogen (secondary N) is 2. The van der Waals surface area contributed by atoms with Gasteiger partial charge in [-0.25, -0.2) is 9.37 Å². The minimum absolute atomic E-state index is 0.0833. The first-order valence-electron chi connectivity index (χ1n) is 10.7. The zero-order valence-electron chi connectivity index (χ0n) is 20.0. The number of pyridine rings is 3. The van der Waals surface area contributed by atoms with Crippen LogP contribution in [0.1, 0.15) is 37.7 Å². The molecule has 3 heterocycles. The Morgan fingerprint density at radius 1 is 1.20 bits per heavy atom. The Hall–Kier alpha value is -3.23. The van der Waals surface area contributed by atoms with Gasteiger partial charge in [0.2, 0.25) is 0 Å². The van der Waals surface area contributed by atoms with Gasteiger partial charge in [0, 0.05) is 41.4 Å². The third kappa shape index (κ3) is 6.26. The number of ether oxygens (including phenoxy) is 1. The fraction of sp³-hybridized carbons (Fsp3) is 0.280. The Kier molecular flexibility index (Phi) is 7.97. The van der Waals surface area contributed by atoms with Gasteiger partial charge < -0.3 is 15.5 Å². The van der Waals surface area contributed by atoms with E-state index in [-0.39, 0.29) is 27.8 Å². The number of anilines is 1. The molecule has 0 aliphatic heterocycles. The average Bonchev–Trinajstić information content (AvgIpc) is 2.77. The molecule has 0 aliphatic rings. The minimum Gasteiger partial charge on any atom is -0.485 e. The molecule has 0 aliphatic carbocycles. The van der Waals surface area contributed by atoms with Gasteiger partial charge in [-0.2, -0.15) is 0 Å². The fourth-order valence-electron chi connectivity index (χ4n) is 3.07. The van der Waals surface area contributed by atoms with Gasteiger partial charge in [0.1, 0.15) is 29.0 Å². The quantitative estimate of drug-likeness (QED) is 0.360.